The van der Waals surface area contributed by atoms with E-state index in [2.05, 4.69) is 15.9 Å². The van der Waals surface area contributed by atoms with Crippen LogP contribution in [0.2, 0.25) is 0 Å². The number of hydrogen-bond acceptors (Lipinski definition) is 3. The van der Waals surface area contributed by atoms with Gasteiger partial charge in [0, 0.05) is 6.54 Å². The molecule has 0 fully saturated rings. The van der Waals surface area contributed by atoms with Crippen LogP contribution in [0.1, 0.15) is 27.9 Å². The molecular weight excluding hydrogens is 314 g/mol. The monoisotopic (exact) mass is 327 g/mol. The molecule has 2 rings (SSSR count). The summed E-state index contributed by atoms with van der Waals surface area (Å²) in [5, 5.41) is 0. The maximum Gasteiger partial charge on any atom is 0.264 e. The van der Waals surface area contributed by atoms with Crippen LogP contribution in [0.3, 0.4) is 0 Å². The van der Waals surface area contributed by atoms with Gasteiger partial charge in [-0.25, -0.2) is 0 Å². The standard InChI is InChI=1S/C13H14BrNO2S/c1-3-15(8-10-5-4-6-17-10)13(16)11-7-9(2)12(14)18-11/h4-7H,3,8H2,1-2H3. The molecule has 0 aliphatic heterocycles. The largest absolute Gasteiger partial charge is 0.467 e. The average molecular weight is 328 g/mol. The molecule has 0 unspecified atom stereocenters. The van der Waals surface area contributed by atoms with E-state index in [0.717, 1.165) is 20.0 Å². The normalized spacial score (nSPS) is 10.6. The molecule has 1 amide bonds. The average Bonchev–Trinajstić information content (AvgIpc) is 2.96. The summed E-state index contributed by atoms with van der Waals surface area (Å²) in [6, 6.07) is 5.63. The summed E-state index contributed by atoms with van der Waals surface area (Å²) in [6.07, 6.45) is 1.62. The van der Waals surface area contributed by atoms with Crippen molar-refractivity contribution in [2.75, 3.05) is 6.54 Å². The zero-order valence-electron chi connectivity index (χ0n) is 10.3. The predicted molar refractivity (Wildman–Crippen MR) is 75.9 cm³/mol. The Balaban J connectivity index is 2.15. The minimum atomic E-state index is 0.0488. The van der Waals surface area contributed by atoms with Gasteiger partial charge in [0.2, 0.25) is 0 Å². The van der Waals surface area contributed by atoms with E-state index >= 15 is 0 Å². The molecule has 0 saturated heterocycles. The minimum absolute atomic E-state index is 0.0488. The van der Waals surface area contributed by atoms with Crippen molar-refractivity contribution in [3.63, 3.8) is 0 Å². The van der Waals surface area contributed by atoms with Gasteiger partial charge in [-0.2, -0.15) is 0 Å². The van der Waals surface area contributed by atoms with E-state index in [9.17, 15) is 4.79 Å². The third kappa shape index (κ3) is 2.84. The maximum absolute atomic E-state index is 12.3. The zero-order chi connectivity index (χ0) is 13.1. The second-order valence-corrected chi connectivity index (χ2v) is 6.34. The fraction of sp³-hybridized carbons (Fsp3) is 0.308. The summed E-state index contributed by atoms with van der Waals surface area (Å²) >= 11 is 4.92. The molecule has 5 heteroatoms. The van der Waals surface area contributed by atoms with Gasteiger partial charge in [-0.1, -0.05) is 0 Å². The Kier molecular flexibility index (Phi) is 4.24. The van der Waals surface area contributed by atoms with Gasteiger partial charge >= 0.3 is 0 Å². The number of amides is 1. The second kappa shape index (κ2) is 5.71. The molecule has 0 radical (unpaired) electrons. The van der Waals surface area contributed by atoms with Gasteiger partial charge in [0.15, 0.2) is 0 Å². The van der Waals surface area contributed by atoms with Crippen molar-refractivity contribution in [3.05, 3.63) is 44.4 Å². The number of carbonyl (C=O) groups is 1. The topological polar surface area (TPSA) is 33.5 Å². The molecule has 0 aliphatic carbocycles. The van der Waals surface area contributed by atoms with Crippen molar-refractivity contribution in [3.8, 4) is 0 Å². The van der Waals surface area contributed by atoms with Crippen LogP contribution in [-0.2, 0) is 6.54 Å². The van der Waals surface area contributed by atoms with Crippen LogP contribution in [-0.4, -0.2) is 17.4 Å². The lowest BCUT2D eigenvalue weighted by molar-refractivity contribution is 0.0746. The van der Waals surface area contributed by atoms with Crippen molar-refractivity contribution < 1.29 is 9.21 Å². The summed E-state index contributed by atoms with van der Waals surface area (Å²) < 4.78 is 6.29. The highest BCUT2D eigenvalue weighted by Crippen LogP contribution is 2.28. The Hall–Kier alpha value is -1.07. The van der Waals surface area contributed by atoms with Crippen LogP contribution < -0.4 is 0 Å². The molecule has 0 aromatic carbocycles. The van der Waals surface area contributed by atoms with Gasteiger partial charge in [0.05, 0.1) is 21.5 Å². The van der Waals surface area contributed by atoms with E-state index in [-0.39, 0.29) is 5.91 Å². The SMILES string of the molecule is CCN(Cc1ccco1)C(=O)c1cc(C)c(Br)s1. The van der Waals surface area contributed by atoms with Crippen LogP contribution in [0.5, 0.6) is 0 Å². The van der Waals surface area contributed by atoms with Crippen molar-refractivity contribution in [2.45, 2.75) is 20.4 Å². The molecule has 0 atom stereocenters. The Bertz CT molecular complexity index is 514. The lowest BCUT2D eigenvalue weighted by atomic mass is 10.3. The molecule has 0 spiro atoms. The highest BCUT2D eigenvalue weighted by Gasteiger charge is 2.18. The number of aryl methyl sites for hydroxylation is 1. The highest BCUT2D eigenvalue weighted by molar-refractivity contribution is 9.11. The number of halogens is 1. The van der Waals surface area contributed by atoms with Gasteiger partial charge in [-0.15, -0.1) is 11.3 Å². The maximum atomic E-state index is 12.3. The third-order valence-electron chi connectivity index (χ3n) is 2.66. The summed E-state index contributed by atoms with van der Waals surface area (Å²) in [6.45, 7) is 5.13. The lowest BCUT2D eigenvalue weighted by Gasteiger charge is -2.18. The van der Waals surface area contributed by atoms with Crippen LogP contribution in [0.25, 0.3) is 0 Å². The van der Waals surface area contributed by atoms with Gasteiger partial charge in [0.1, 0.15) is 5.76 Å². The zero-order valence-corrected chi connectivity index (χ0v) is 12.7. The number of thiophene rings is 1. The fourth-order valence-corrected chi connectivity index (χ4v) is 3.14. The minimum Gasteiger partial charge on any atom is -0.467 e. The molecule has 0 bridgehead atoms. The molecule has 18 heavy (non-hydrogen) atoms. The Morgan fingerprint density at radius 2 is 2.33 bits per heavy atom. The molecule has 2 aromatic rings. The van der Waals surface area contributed by atoms with Crippen molar-refractivity contribution >= 4 is 33.2 Å². The number of carbonyl (C=O) groups excluding carboxylic acids is 1. The Labute approximate surface area is 119 Å². The first-order chi connectivity index (χ1) is 8.61. The highest BCUT2D eigenvalue weighted by atomic mass is 79.9. The first-order valence-electron chi connectivity index (χ1n) is 5.69. The first-order valence-corrected chi connectivity index (χ1v) is 7.30. The van der Waals surface area contributed by atoms with Gasteiger partial charge in [0.25, 0.3) is 5.91 Å². The molecule has 0 aliphatic rings. The molecule has 2 heterocycles. The summed E-state index contributed by atoms with van der Waals surface area (Å²) in [4.78, 5) is 14.9. The molecule has 3 nitrogen and oxygen atoms in total. The van der Waals surface area contributed by atoms with E-state index in [1.807, 2.05) is 32.0 Å². The number of hydrogen-bond donors (Lipinski definition) is 0. The number of furan rings is 1. The van der Waals surface area contributed by atoms with E-state index < -0.39 is 0 Å². The smallest absolute Gasteiger partial charge is 0.264 e. The van der Waals surface area contributed by atoms with Crippen LogP contribution in [0.4, 0.5) is 0 Å². The quantitative estimate of drug-likeness (QED) is 0.847. The van der Waals surface area contributed by atoms with E-state index in [1.165, 1.54) is 11.3 Å². The van der Waals surface area contributed by atoms with Crippen molar-refractivity contribution in [2.24, 2.45) is 0 Å². The third-order valence-corrected chi connectivity index (χ3v) is 4.79. The number of rotatable bonds is 4. The number of nitrogens with zero attached hydrogens (tertiary/aromatic N) is 1. The molecule has 0 N–H and O–H groups in total. The lowest BCUT2D eigenvalue weighted by Crippen LogP contribution is -2.29. The summed E-state index contributed by atoms with van der Waals surface area (Å²) in [5.41, 5.74) is 1.09. The van der Waals surface area contributed by atoms with E-state index in [1.54, 1.807) is 11.2 Å². The Morgan fingerprint density at radius 1 is 1.56 bits per heavy atom. The van der Waals surface area contributed by atoms with Crippen LogP contribution in [0, 0.1) is 6.92 Å². The molecule has 96 valence electrons. The van der Waals surface area contributed by atoms with Gasteiger partial charge < -0.3 is 9.32 Å². The summed E-state index contributed by atoms with van der Waals surface area (Å²) in [5.74, 6) is 0.852. The van der Waals surface area contributed by atoms with Gasteiger partial charge in [-0.3, -0.25) is 4.79 Å². The summed E-state index contributed by atoms with van der Waals surface area (Å²) in [7, 11) is 0. The molecular formula is C13H14BrNO2S. The first kappa shape index (κ1) is 13.4. The van der Waals surface area contributed by atoms with E-state index in [4.69, 9.17) is 4.42 Å². The van der Waals surface area contributed by atoms with E-state index in [0.29, 0.717) is 13.1 Å². The molecule has 2 aromatic heterocycles. The van der Waals surface area contributed by atoms with Crippen LogP contribution in [0.15, 0.2) is 32.7 Å². The molecule has 0 saturated carbocycles. The Morgan fingerprint density at radius 3 is 2.83 bits per heavy atom. The van der Waals surface area contributed by atoms with Crippen molar-refractivity contribution in [1.29, 1.82) is 0 Å². The van der Waals surface area contributed by atoms with Crippen molar-refractivity contribution in [1.82, 2.24) is 4.90 Å². The van der Waals surface area contributed by atoms with Crippen LogP contribution >= 0.6 is 27.3 Å². The van der Waals surface area contributed by atoms with Gasteiger partial charge in [-0.05, 0) is 53.5 Å². The fourth-order valence-electron chi connectivity index (χ4n) is 1.64. The predicted octanol–water partition coefficient (Wildman–Crippen LogP) is 4.07. The second-order valence-electron chi connectivity index (χ2n) is 3.97.